The minimum absolute atomic E-state index is 0.0158. The van der Waals surface area contributed by atoms with Gasteiger partial charge in [-0.1, -0.05) is 18.2 Å². The average molecular weight is 348 g/mol. The summed E-state index contributed by atoms with van der Waals surface area (Å²) in [4.78, 5) is 27.0. The Morgan fingerprint density at radius 3 is 2.76 bits per heavy atom. The molecule has 138 valence electrons. The maximum absolute atomic E-state index is 12.8. The van der Waals surface area contributed by atoms with E-state index in [4.69, 9.17) is 9.47 Å². The van der Waals surface area contributed by atoms with Gasteiger partial charge in [-0.3, -0.25) is 9.59 Å². The average Bonchev–Trinajstić information content (AvgIpc) is 2.64. The van der Waals surface area contributed by atoms with Crippen LogP contribution in [-0.2, 0) is 14.3 Å². The van der Waals surface area contributed by atoms with E-state index in [-0.39, 0.29) is 23.8 Å². The molecule has 6 nitrogen and oxygen atoms in total. The molecule has 1 aliphatic heterocycles. The van der Waals surface area contributed by atoms with Gasteiger partial charge in [0.15, 0.2) is 0 Å². The van der Waals surface area contributed by atoms with E-state index < -0.39 is 0 Å². The van der Waals surface area contributed by atoms with Crippen LogP contribution in [0.25, 0.3) is 0 Å². The summed E-state index contributed by atoms with van der Waals surface area (Å²) >= 11 is 0. The lowest BCUT2D eigenvalue weighted by Crippen LogP contribution is -2.48. The quantitative estimate of drug-likeness (QED) is 0.731. The summed E-state index contributed by atoms with van der Waals surface area (Å²) in [6.07, 6.45) is 1.72. The van der Waals surface area contributed by atoms with Crippen LogP contribution in [0.4, 0.5) is 0 Å². The molecule has 25 heavy (non-hydrogen) atoms. The number of likely N-dealkylation sites (tertiary alicyclic amines) is 1. The molecule has 2 rings (SSSR count). The van der Waals surface area contributed by atoms with Gasteiger partial charge in [0.05, 0.1) is 19.1 Å². The monoisotopic (exact) mass is 348 g/mol. The Morgan fingerprint density at radius 2 is 2.08 bits per heavy atom. The second kappa shape index (κ2) is 9.42. The van der Waals surface area contributed by atoms with Gasteiger partial charge in [-0.05, 0) is 25.8 Å². The van der Waals surface area contributed by atoms with Crippen LogP contribution in [0.5, 0.6) is 5.75 Å². The lowest BCUT2D eigenvalue weighted by atomic mass is 9.83. The Balaban J connectivity index is 2.26. The number of hydrogen-bond acceptors (Lipinski definition) is 4. The van der Waals surface area contributed by atoms with E-state index in [0.717, 1.165) is 12.0 Å². The first-order valence-electron chi connectivity index (χ1n) is 8.83. The van der Waals surface area contributed by atoms with Crippen molar-refractivity contribution in [1.29, 1.82) is 0 Å². The maximum Gasteiger partial charge on any atom is 0.225 e. The van der Waals surface area contributed by atoms with Crippen LogP contribution in [0.2, 0.25) is 0 Å². The second-order valence-corrected chi connectivity index (χ2v) is 6.15. The highest BCUT2D eigenvalue weighted by Gasteiger charge is 2.40. The lowest BCUT2D eigenvalue weighted by molar-refractivity contribution is -0.143. The topological polar surface area (TPSA) is 67.9 Å². The lowest BCUT2D eigenvalue weighted by Gasteiger charge is -2.40. The van der Waals surface area contributed by atoms with E-state index in [2.05, 4.69) is 5.32 Å². The van der Waals surface area contributed by atoms with E-state index in [1.165, 1.54) is 0 Å². The van der Waals surface area contributed by atoms with E-state index in [9.17, 15) is 9.59 Å². The predicted molar refractivity (Wildman–Crippen MR) is 95.3 cm³/mol. The van der Waals surface area contributed by atoms with Gasteiger partial charge >= 0.3 is 0 Å². The van der Waals surface area contributed by atoms with Gasteiger partial charge in [0.1, 0.15) is 5.75 Å². The highest BCUT2D eigenvalue weighted by atomic mass is 16.5. The number of ether oxygens (including phenoxy) is 2. The third-order valence-electron chi connectivity index (χ3n) is 4.67. The number of nitrogens with one attached hydrogen (secondary N) is 1. The standard InChI is InChI=1S/C19H28N2O4/c1-4-21-17(22)11-10-15(19(23)20-12-7-13-24-2)18(21)14-8-5-6-9-16(14)25-3/h5-6,8-9,15,18H,4,7,10-13H2,1-3H3,(H,20,23)/t15-,18+/m1/s1. The van der Waals surface area contributed by atoms with Gasteiger partial charge in [-0.25, -0.2) is 0 Å². The molecular weight excluding hydrogens is 320 g/mol. The van der Waals surface area contributed by atoms with Gasteiger partial charge < -0.3 is 19.7 Å². The van der Waals surface area contributed by atoms with Crippen LogP contribution in [-0.4, -0.2) is 50.6 Å². The van der Waals surface area contributed by atoms with Crippen LogP contribution >= 0.6 is 0 Å². The van der Waals surface area contributed by atoms with Crippen LogP contribution < -0.4 is 10.1 Å². The Kier molecular flexibility index (Phi) is 7.25. The summed E-state index contributed by atoms with van der Waals surface area (Å²) in [5, 5.41) is 2.99. The number of benzene rings is 1. The molecule has 1 aliphatic rings. The zero-order chi connectivity index (χ0) is 18.2. The molecular formula is C19H28N2O4. The van der Waals surface area contributed by atoms with Gasteiger partial charge in [0, 0.05) is 38.8 Å². The first-order chi connectivity index (χ1) is 12.1. The van der Waals surface area contributed by atoms with Crippen LogP contribution in [0.3, 0.4) is 0 Å². The number of methoxy groups -OCH3 is 2. The first-order valence-corrected chi connectivity index (χ1v) is 8.83. The molecule has 1 aromatic rings. The van der Waals surface area contributed by atoms with Crippen molar-refractivity contribution >= 4 is 11.8 Å². The molecule has 0 radical (unpaired) electrons. The fourth-order valence-electron chi connectivity index (χ4n) is 3.45. The summed E-state index contributed by atoms with van der Waals surface area (Å²) in [6, 6.07) is 7.32. The summed E-state index contributed by atoms with van der Waals surface area (Å²) in [5.41, 5.74) is 0.886. The highest BCUT2D eigenvalue weighted by molar-refractivity contribution is 5.85. The van der Waals surface area contributed by atoms with Crippen molar-refractivity contribution in [3.05, 3.63) is 29.8 Å². The fraction of sp³-hybridized carbons (Fsp3) is 0.579. The largest absolute Gasteiger partial charge is 0.496 e. The predicted octanol–water partition coefficient (Wildman–Crippen LogP) is 2.15. The first kappa shape index (κ1) is 19.2. The number of para-hydroxylation sites is 1. The number of piperidine rings is 1. The van der Waals surface area contributed by atoms with Crippen molar-refractivity contribution < 1.29 is 19.1 Å². The number of nitrogens with zero attached hydrogens (tertiary/aromatic N) is 1. The summed E-state index contributed by atoms with van der Waals surface area (Å²) in [6.45, 7) is 3.69. The summed E-state index contributed by atoms with van der Waals surface area (Å²) in [5.74, 6) is 0.495. The van der Waals surface area contributed by atoms with Gasteiger partial charge in [0.25, 0.3) is 0 Å². The molecule has 1 aromatic carbocycles. The molecule has 6 heteroatoms. The SMILES string of the molecule is CCN1C(=O)CC[C@@H](C(=O)NCCCOC)[C@@H]1c1ccccc1OC. The molecule has 0 saturated carbocycles. The smallest absolute Gasteiger partial charge is 0.225 e. The number of carbonyl (C=O) groups excluding carboxylic acids is 2. The van der Waals surface area contributed by atoms with E-state index in [1.807, 2.05) is 31.2 Å². The molecule has 0 aromatic heterocycles. The molecule has 0 spiro atoms. The zero-order valence-electron chi connectivity index (χ0n) is 15.3. The zero-order valence-corrected chi connectivity index (χ0v) is 15.3. The van der Waals surface area contributed by atoms with Gasteiger partial charge in [0.2, 0.25) is 11.8 Å². The van der Waals surface area contributed by atoms with Crippen LogP contribution in [0, 0.1) is 5.92 Å². The van der Waals surface area contributed by atoms with E-state index >= 15 is 0 Å². The van der Waals surface area contributed by atoms with Crippen molar-refractivity contribution in [2.45, 2.75) is 32.2 Å². The Morgan fingerprint density at radius 1 is 1.32 bits per heavy atom. The maximum atomic E-state index is 12.8. The third-order valence-corrected chi connectivity index (χ3v) is 4.67. The minimum atomic E-state index is -0.301. The number of rotatable bonds is 8. The van der Waals surface area contributed by atoms with Gasteiger partial charge in [-0.15, -0.1) is 0 Å². The van der Waals surface area contributed by atoms with Gasteiger partial charge in [-0.2, -0.15) is 0 Å². The molecule has 1 fully saturated rings. The second-order valence-electron chi connectivity index (χ2n) is 6.15. The number of hydrogen-bond donors (Lipinski definition) is 1. The number of carbonyl (C=O) groups is 2. The molecule has 2 amide bonds. The molecule has 1 heterocycles. The molecule has 0 unspecified atom stereocenters. The van der Waals surface area contributed by atoms with Crippen molar-refractivity contribution in [3.8, 4) is 5.75 Å². The summed E-state index contributed by atoms with van der Waals surface area (Å²) < 4.78 is 10.5. The van der Waals surface area contributed by atoms with Crippen molar-refractivity contribution in [3.63, 3.8) is 0 Å². The summed E-state index contributed by atoms with van der Waals surface area (Å²) in [7, 11) is 3.25. The molecule has 1 saturated heterocycles. The van der Waals surface area contributed by atoms with Crippen LogP contribution in [0.1, 0.15) is 37.8 Å². The van der Waals surface area contributed by atoms with E-state index in [1.54, 1.807) is 19.1 Å². The Bertz CT molecular complexity index is 591. The fourth-order valence-corrected chi connectivity index (χ4v) is 3.45. The molecule has 0 bridgehead atoms. The third kappa shape index (κ3) is 4.51. The van der Waals surface area contributed by atoms with Crippen molar-refractivity contribution in [2.24, 2.45) is 5.92 Å². The molecule has 0 aliphatic carbocycles. The van der Waals surface area contributed by atoms with E-state index in [0.29, 0.717) is 38.3 Å². The van der Waals surface area contributed by atoms with Crippen molar-refractivity contribution in [1.82, 2.24) is 10.2 Å². The minimum Gasteiger partial charge on any atom is -0.496 e. The molecule has 1 N–H and O–H groups in total. The molecule has 2 atom stereocenters. The highest BCUT2D eigenvalue weighted by Crippen LogP contribution is 2.40. The van der Waals surface area contributed by atoms with Crippen molar-refractivity contribution in [2.75, 3.05) is 33.9 Å². The number of amides is 2. The Hall–Kier alpha value is -2.08. The van der Waals surface area contributed by atoms with Crippen LogP contribution in [0.15, 0.2) is 24.3 Å². The Labute approximate surface area is 149 Å². The normalized spacial score (nSPS) is 20.4.